The molecule has 6 heteroatoms. The van der Waals surface area contributed by atoms with E-state index in [-0.39, 0.29) is 22.7 Å². The topological polar surface area (TPSA) is 77.0 Å². The van der Waals surface area contributed by atoms with Crippen LogP contribution in [0.15, 0.2) is 30.0 Å². The van der Waals surface area contributed by atoms with Gasteiger partial charge in [0.1, 0.15) is 11.6 Å². The Morgan fingerprint density at radius 1 is 1.31 bits per heavy atom. The molecule has 140 valence electrons. The van der Waals surface area contributed by atoms with Crippen LogP contribution in [0, 0.1) is 18.3 Å². The predicted octanol–water partition coefficient (Wildman–Crippen LogP) is 3.89. The molecule has 1 fully saturated rings. The molecule has 1 aromatic carbocycles. The van der Waals surface area contributed by atoms with Gasteiger partial charge in [0.15, 0.2) is 0 Å². The summed E-state index contributed by atoms with van der Waals surface area (Å²) in [5.41, 5.74) is 1.39. The van der Waals surface area contributed by atoms with Gasteiger partial charge in [-0.3, -0.25) is 4.79 Å². The molecule has 0 unspecified atom stereocenters. The number of carbonyl (C=O) groups is 1. The summed E-state index contributed by atoms with van der Waals surface area (Å²) < 4.78 is 0. The van der Waals surface area contributed by atoms with Crippen molar-refractivity contribution in [1.29, 1.82) is 5.26 Å². The molecule has 5 nitrogen and oxygen atoms in total. The Balaban J connectivity index is 2.09. The number of rotatable bonds is 4. The third kappa shape index (κ3) is 5.23. The van der Waals surface area contributed by atoms with Gasteiger partial charge in [0, 0.05) is 34.0 Å². The first-order chi connectivity index (χ1) is 12.0. The van der Waals surface area contributed by atoms with Gasteiger partial charge in [-0.05, 0) is 65.2 Å². The molecule has 0 saturated carbocycles. The van der Waals surface area contributed by atoms with E-state index in [1.807, 2.05) is 13.0 Å². The molecule has 0 atom stereocenters. The molecule has 2 rings (SSSR count). The molecule has 0 bridgehead atoms. The Bertz CT molecular complexity index is 746. The minimum atomic E-state index is -0.446. The maximum Gasteiger partial charge on any atom is 0.267 e. The van der Waals surface area contributed by atoms with Gasteiger partial charge in [-0.1, -0.05) is 17.7 Å². The smallest absolute Gasteiger partial charge is 0.267 e. The van der Waals surface area contributed by atoms with Crippen LogP contribution in [0.3, 0.4) is 0 Å². The van der Waals surface area contributed by atoms with Crippen LogP contribution in [-0.2, 0) is 4.79 Å². The van der Waals surface area contributed by atoms with Crippen molar-refractivity contribution >= 4 is 23.2 Å². The number of benzene rings is 1. The summed E-state index contributed by atoms with van der Waals surface area (Å²) in [6, 6.07) is 7.45. The largest absolute Gasteiger partial charge is 0.387 e. The van der Waals surface area contributed by atoms with Crippen LogP contribution in [0.25, 0.3) is 0 Å². The van der Waals surface area contributed by atoms with E-state index >= 15 is 0 Å². The summed E-state index contributed by atoms with van der Waals surface area (Å²) in [5.74, 6) is -0.446. The molecule has 0 aliphatic carbocycles. The van der Waals surface area contributed by atoms with Gasteiger partial charge in [0.2, 0.25) is 0 Å². The molecule has 1 aliphatic heterocycles. The van der Waals surface area contributed by atoms with E-state index < -0.39 is 5.91 Å². The predicted molar refractivity (Wildman–Crippen MR) is 106 cm³/mol. The lowest BCUT2D eigenvalue weighted by molar-refractivity contribution is -0.112. The number of piperidine rings is 1. The van der Waals surface area contributed by atoms with Gasteiger partial charge < -0.3 is 16.0 Å². The molecule has 1 heterocycles. The van der Waals surface area contributed by atoms with Crippen LogP contribution < -0.4 is 16.0 Å². The lowest BCUT2D eigenvalue weighted by Crippen LogP contribution is -2.61. The molecule has 26 heavy (non-hydrogen) atoms. The first kappa shape index (κ1) is 20.3. The Morgan fingerprint density at radius 2 is 1.92 bits per heavy atom. The van der Waals surface area contributed by atoms with E-state index in [0.29, 0.717) is 10.7 Å². The molecular weight excluding hydrogens is 348 g/mol. The van der Waals surface area contributed by atoms with Gasteiger partial charge in [-0.2, -0.15) is 5.26 Å². The van der Waals surface area contributed by atoms with Gasteiger partial charge in [0.25, 0.3) is 5.91 Å². The lowest BCUT2D eigenvalue weighted by atomic mass is 9.80. The second kappa shape index (κ2) is 7.69. The molecular formula is C20H27ClN4O. The number of halogens is 1. The third-order valence-corrected chi connectivity index (χ3v) is 4.94. The molecule has 0 aromatic heterocycles. The number of anilines is 1. The van der Waals surface area contributed by atoms with E-state index in [0.717, 1.165) is 18.4 Å². The summed E-state index contributed by atoms with van der Waals surface area (Å²) in [6.45, 7) is 10.5. The Kier molecular flexibility index (Phi) is 6.00. The van der Waals surface area contributed by atoms with E-state index in [1.165, 1.54) is 6.20 Å². The first-order valence-electron chi connectivity index (χ1n) is 8.75. The fourth-order valence-corrected chi connectivity index (χ4v) is 3.90. The number of nitrogens with zero attached hydrogens (tertiary/aromatic N) is 1. The summed E-state index contributed by atoms with van der Waals surface area (Å²) in [4.78, 5) is 12.4. The fraction of sp³-hybridized carbons (Fsp3) is 0.500. The van der Waals surface area contributed by atoms with Gasteiger partial charge in [-0.25, -0.2) is 0 Å². The minimum absolute atomic E-state index is 0.0137. The zero-order valence-corrected chi connectivity index (χ0v) is 16.8. The summed E-state index contributed by atoms with van der Waals surface area (Å²) in [5, 5.41) is 19.6. The SMILES string of the molecule is Cc1c(Cl)cccc1NC(=O)/C(C#N)=C\NC1CC(C)(C)NC(C)(C)C1. The van der Waals surface area contributed by atoms with Crippen LogP contribution in [0.2, 0.25) is 5.02 Å². The van der Waals surface area contributed by atoms with Crippen LogP contribution in [-0.4, -0.2) is 23.0 Å². The average Bonchev–Trinajstić information content (AvgIpc) is 2.49. The van der Waals surface area contributed by atoms with Gasteiger partial charge in [0.05, 0.1) is 0 Å². The van der Waals surface area contributed by atoms with Crippen molar-refractivity contribution in [3.63, 3.8) is 0 Å². The van der Waals surface area contributed by atoms with Crippen LogP contribution in [0.4, 0.5) is 5.69 Å². The maximum atomic E-state index is 12.4. The Labute approximate surface area is 160 Å². The summed E-state index contributed by atoms with van der Waals surface area (Å²) in [6.07, 6.45) is 3.33. The highest BCUT2D eigenvalue weighted by Gasteiger charge is 2.37. The Morgan fingerprint density at radius 3 is 2.50 bits per heavy atom. The molecule has 1 saturated heterocycles. The zero-order valence-electron chi connectivity index (χ0n) is 16.0. The van der Waals surface area contributed by atoms with Crippen LogP contribution >= 0.6 is 11.6 Å². The number of hydrogen-bond donors (Lipinski definition) is 3. The number of nitriles is 1. The molecule has 1 amide bonds. The van der Waals surface area contributed by atoms with Crippen molar-refractivity contribution < 1.29 is 4.79 Å². The van der Waals surface area contributed by atoms with Crippen molar-refractivity contribution in [2.75, 3.05) is 5.32 Å². The van der Waals surface area contributed by atoms with Crippen LogP contribution in [0.1, 0.15) is 46.1 Å². The minimum Gasteiger partial charge on any atom is -0.387 e. The van der Waals surface area contributed by atoms with E-state index in [2.05, 4.69) is 43.6 Å². The van der Waals surface area contributed by atoms with Gasteiger partial charge >= 0.3 is 0 Å². The number of carbonyl (C=O) groups excluding carboxylic acids is 1. The molecule has 1 aromatic rings. The number of hydrogen-bond acceptors (Lipinski definition) is 4. The van der Waals surface area contributed by atoms with Crippen LogP contribution in [0.5, 0.6) is 0 Å². The second-order valence-electron chi connectivity index (χ2n) is 8.20. The number of amides is 1. The van der Waals surface area contributed by atoms with Crippen molar-refractivity contribution in [2.24, 2.45) is 0 Å². The molecule has 1 aliphatic rings. The van der Waals surface area contributed by atoms with Crippen molar-refractivity contribution in [3.8, 4) is 6.07 Å². The molecule has 0 spiro atoms. The van der Waals surface area contributed by atoms with Crippen molar-refractivity contribution in [2.45, 2.75) is 64.6 Å². The third-order valence-electron chi connectivity index (χ3n) is 4.53. The molecule has 0 radical (unpaired) electrons. The maximum absolute atomic E-state index is 12.4. The highest BCUT2D eigenvalue weighted by atomic mass is 35.5. The highest BCUT2D eigenvalue weighted by Crippen LogP contribution is 2.28. The average molecular weight is 375 g/mol. The Hall–Kier alpha value is -2.03. The highest BCUT2D eigenvalue weighted by molar-refractivity contribution is 6.31. The van der Waals surface area contributed by atoms with Crippen molar-refractivity contribution in [3.05, 3.63) is 40.6 Å². The second-order valence-corrected chi connectivity index (χ2v) is 8.61. The quantitative estimate of drug-likeness (QED) is 0.552. The summed E-state index contributed by atoms with van der Waals surface area (Å²) >= 11 is 6.08. The lowest BCUT2D eigenvalue weighted by Gasteiger charge is -2.46. The standard InChI is InChI=1S/C20H27ClN4O/c1-13-16(21)7-6-8-17(13)24-18(26)14(11-22)12-23-15-9-19(2,3)25-20(4,5)10-15/h6-8,12,15,23,25H,9-10H2,1-5H3,(H,24,26)/b14-12-. The van der Waals surface area contributed by atoms with E-state index in [4.69, 9.17) is 11.6 Å². The zero-order chi connectivity index (χ0) is 19.5. The monoisotopic (exact) mass is 374 g/mol. The van der Waals surface area contributed by atoms with E-state index in [9.17, 15) is 10.1 Å². The van der Waals surface area contributed by atoms with Gasteiger partial charge in [-0.15, -0.1) is 0 Å². The normalized spacial score (nSPS) is 19.5. The summed E-state index contributed by atoms with van der Waals surface area (Å²) in [7, 11) is 0. The van der Waals surface area contributed by atoms with Crippen molar-refractivity contribution in [1.82, 2.24) is 10.6 Å². The molecule has 3 N–H and O–H groups in total. The fourth-order valence-electron chi connectivity index (χ4n) is 3.72. The first-order valence-corrected chi connectivity index (χ1v) is 9.13. The number of nitrogens with one attached hydrogen (secondary N) is 3. The van der Waals surface area contributed by atoms with E-state index in [1.54, 1.807) is 18.2 Å².